The summed E-state index contributed by atoms with van der Waals surface area (Å²) in [6, 6.07) is 31.6. The van der Waals surface area contributed by atoms with Gasteiger partial charge in [0.1, 0.15) is 0 Å². The van der Waals surface area contributed by atoms with Gasteiger partial charge in [0.2, 0.25) is 0 Å². The third-order valence-corrected chi connectivity index (χ3v) is 6.35. The standard InChI is InChI=1S/C34H26/c1-4-29-30(5-2)34(27-19-13-8-14-20-27)32-24(3)23-28(25-15-9-6-10-16-25)21-22-31(32)33(29)26-17-11-7-12-18-26/h4-22H,1-2H2,3H3. The molecular formula is C34H26. The first-order valence-corrected chi connectivity index (χ1v) is 11.5. The zero-order chi connectivity index (χ0) is 23.5. The molecule has 0 N–H and O–H groups in total. The number of allylic oxidation sites excluding steroid dienone is 2. The first kappa shape index (κ1) is 21.5. The van der Waals surface area contributed by atoms with Gasteiger partial charge in [-0.25, -0.2) is 0 Å². The summed E-state index contributed by atoms with van der Waals surface area (Å²) >= 11 is 0. The SMILES string of the molecule is C=Cc1c(C=C)c(-c2ccccc2)c2c(c1-c1ccccc1)C=CC(c1ccccc1)=C=C2C. The van der Waals surface area contributed by atoms with Crippen LogP contribution < -0.4 is 0 Å². The number of benzene rings is 4. The van der Waals surface area contributed by atoms with E-state index >= 15 is 0 Å². The van der Waals surface area contributed by atoms with E-state index in [1.807, 2.05) is 18.2 Å². The van der Waals surface area contributed by atoms with Crippen molar-refractivity contribution in [2.45, 2.75) is 6.92 Å². The van der Waals surface area contributed by atoms with E-state index in [2.05, 4.69) is 123 Å². The predicted octanol–water partition coefficient (Wildman–Crippen LogP) is 9.42. The highest BCUT2D eigenvalue weighted by Crippen LogP contribution is 2.45. The molecule has 1 aliphatic carbocycles. The third-order valence-electron chi connectivity index (χ3n) is 6.35. The van der Waals surface area contributed by atoms with Crippen LogP contribution in [0.5, 0.6) is 0 Å². The number of fused-ring (bicyclic) bond motifs is 1. The summed E-state index contributed by atoms with van der Waals surface area (Å²) in [5.41, 5.74) is 16.3. The second-order valence-electron chi connectivity index (χ2n) is 8.37. The van der Waals surface area contributed by atoms with Gasteiger partial charge < -0.3 is 0 Å². The largest absolute Gasteiger partial charge is 0.108 e. The fourth-order valence-corrected chi connectivity index (χ4v) is 4.87. The van der Waals surface area contributed by atoms with Crippen LogP contribution >= 0.6 is 0 Å². The van der Waals surface area contributed by atoms with E-state index < -0.39 is 0 Å². The molecule has 0 spiro atoms. The van der Waals surface area contributed by atoms with Crippen LogP contribution in [-0.2, 0) is 0 Å². The van der Waals surface area contributed by atoms with E-state index in [-0.39, 0.29) is 0 Å². The van der Waals surface area contributed by atoms with Gasteiger partial charge >= 0.3 is 0 Å². The molecule has 0 heterocycles. The second kappa shape index (κ2) is 9.24. The van der Waals surface area contributed by atoms with Crippen LogP contribution in [0.15, 0.2) is 116 Å². The van der Waals surface area contributed by atoms with Crippen LogP contribution in [0.1, 0.15) is 34.7 Å². The van der Waals surface area contributed by atoms with E-state index in [1.165, 1.54) is 22.3 Å². The Morgan fingerprint density at radius 2 is 1.03 bits per heavy atom. The molecule has 0 atom stereocenters. The Hall–Kier alpha value is -4.38. The van der Waals surface area contributed by atoms with Crippen LogP contribution in [0.3, 0.4) is 0 Å². The molecule has 0 bridgehead atoms. The van der Waals surface area contributed by atoms with E-state index in [0.717, 1.165) is 39.0 Å². The number of hydrogen-bond donors (Lipinski definition) is 0. The molecule has 4 aromatic rings. The summed E-state index contributed by atoms with van der Waals surface area (Å²) in [6.07, 6.45) is 8.37. The van der Waals surface area contributed by atoms with Gasteiger partial charge in [0.25, 0.3) is 0 Å². The van der Waals surface area contributed by atoms with Gasteiger partial charge in [-0.2, -0.15) is 0 Å². The molecule has 0 nitrogen and oxygen atoms in total. The monoisotopic (exact) mass is 434 g/mol. The zero-order valence-electron chi connectivity index (χ0n) is 19.4. The van der Waals surface area contributed by atoms with Gasteiger partial charge in [0.05, 0.1) is 0 Å². The summed E-state index contributed by atoms with van der Waals surface area (Å²) in [5, 5.41) is 0. The first-order valence-electron chi connectivity index (χ1n) is 11.5. The van der Waals surface area contributed by atoms with Crippen LogP contribution in [0, 0.1) is 0 Å². The van der Waals surface area contributed by atoms with Gasteiger partial charge in [-0.1, -0.05) is 122 Å². The molecule has 0 radical (unpaired) electrons. The van der Waals surface area contributed by atoms with Crippen molar-refractivity contribution >= 4 is 29.4 Å². The summed E-state index contributed by atoms with van der Waals surface area (Å²) in [7, 11) is 0. The second-order valence-corrected chi connectivity index (χ2v) is 8.37. The van der Waals surface area contributed by atoms with E-state index in [0.29, 0.717) is 0 Å². The molecule has 4 aromatic carbocycles. The molecule has 0 heteroatoms. The van der Waals surface area contributed by atoms with Crippen molar-refractivity contribution in [1.29, 1.82) is 0 Å². The lowest BCUT2D eigenvalue weighted by Gasteiger charge is -2.23. The van der Waals surface area contributed by atoms with Crippen LogP contribution in [0.2, 0.25) is 0 Å². The highest BCUT2D eigenvalue weighted by atomic mass is 14.3. The molecule has 0 saturated heterocycles. The quantitative estimate of drug-likeness (QED) is 0.274. The maximum Gasteiger partial charge on any atom is 0.0240 e. The number of rotatable bonds is 5. The van der Waals surface area contributed by atoms with Crippen molar-refractivity contribution in [3.8, 4) is 22.3 Å². The molecule has 162 valence electrons. The molecule has 5 rings (SSSR count). The van der Waals surface area contributed by atoms with Crippen molar-refractivity contribution in [3.05, 3.63) is 144 Å². The van der Waals surface area contributed by atoms with Crippen molar-refractivity contribution < 1.29 is 0 Å². The first-order chi connectivity index (χ1) is 16.7. The van der Waals surface area contributed by atoms with Crippen molar-refractivity contribution in [2.24, 2.45) is 0 Å². The smallest absolute Gasteiger partial charge is 0.0240 e. The highest BCUT2D eigenvalue weighted by molar-refractivity contribution is 6.03. The highest BCUT2D eigenvalue weighted by Gasteiger charge is 2.24. The Morgan fingerprint density at radius 3 is 1.56 bits per heavy atom. The van der Waals surface area contributed by atoms with E-state index in [1.54, 1.807) is 0 Å². The average Bonchev–Trinajstić information content (AvgIpc) is 3.07. The minimum absolute atomic E-state index is 1.08. The molecule has 1 aliphatic rings. The van der Waals surface area contributed by atoms with Crippen LogP contribution in [0.4, 0.5) is 0 Å². The van der Waals surface area contributed by atoms with Crippen molar-refractivity contribution in [2.75, 3.05) is 0 Å². The maximum absolute atomic E-state index is 4.22. The third kappa shape index (κ3) is 3.71. The molecular weight excluding hydrogens is 408 g/mol. The Balaban J connectivity index is 1.95. The molecule has 34 heavy (non-hydrogen) atoms. The van der Waals surface area contributed by atoms with Crippen molar-refractivity contribution in [1.82, 2.24) is 0 Å². The number of hydrogen-bond acceptors (Lipinski definition) is 0. The summed E-state index contributed by atoms with van der Waals surface area (Å²) in [6.45, 7) is 10.6. The fraction of sp³-hybridized carbons (Fsp3) is 0.0294. The summed E-state index contributed by atoms with van der Waals surface area (Å²) in [4.78, 5) is 0. The minimum Gasteiger partial charge on any atom is -0.108 e. The zero-order valence-corrected chi connectivity index (χ0v) is 19.4. The van der Waals surface area contributed by atoms with Gasteiger partial charge in [-0.3, -0.25) is 0 Å². The fourth-order valence-electron chi connectivity index (χ4n) is 4.87. The molecule has 0 aliphatic heterocycles. The normalized spacial score (nSPS) is 12.3. The molecule has 0 aromatic heterocycles. The Bertz CT molecular complexity index is 1470. The topological polar surface area (TPSA) is 0 Å². The van der Waals surface area contributed by atoms with E-state index in [9.17, 15) is 0 Å². The predicted molar refractivity (Wildman–Crippen MR) is 149 cm³/mol. The molecule has 0 saturated carbocycles. The lowest BCUT2D eigenvalue weighted by Crippen LogP contribution is -2.02. The molecule has 0 amide bonds. The van der Waals surface area contributed by atoms with Gasteiger partial charge in [0, 0.05) is 16.7 Å². The molecule has 0 fully saturated rings. The van der Waals surface area contributed by atoms with E-state index in [4.69, 9.17) is 0 Å². The maximum atomic E-state index is 4.22. The Kier molecular flexibility index (Phi) is 5.83. The lowest BCUT2D eigenvalue weighted by atomic mass is 9.79. The Morgan fingerprint density at radius 1 is 0.559 bits per heavy atom. The molecule has 0 unspecified atom stereocenters. The van der Waals surface area contributed by atoms with Crippen LogP contribution in [-0.4, -0.2) is 0 Å². The summed E-state index contributed by atoms with van der Waals surface area (Å²) < 4.78 is 0. The van der Waals surface area contributed by atoms with Crippen LogP contribution in [0.25, 0.3) is 51.6 Å². The lowest BCUT2D eigenvalue weighted by molar-refractivity contribution is 1.47. The Labute approximate surface area is 202 Å². The van der Waals surface area contributed by atoms with Crippen molar-refractivity contribution in [3.63, 3.8) is 0 Å². The van der Waals surface area contributed by atoms with Gasteiger partial charge in [0.15, 0.2) is 0 Å². The van der Waals surface area contributed by atoms with Gasteiger partial charge in [-0.15, -0.1) is 5.73 Å². The minimum atomic E-state index is 1.08. The average molecular weight is 435 g/mol. The summed E-state index contributed by atoms with van der Waals surface area (Å²) in [5.74, 6) is 0. The van der Waals surface area contributed by atoms with Gasteiger partial charge in [-0.05, 0) is 57.5 Å².